The summed E-state index contributed by atoms with van der Waals surface area (Å²) >= 11 is 1.48. The van der Waals surface area contributed by atoms with Crippen LogP contribution in [0, 0.1) is 10.1 Å². The molecular formula is C21H23ClN4O3S. The molecule has 0 saturated heterocycles. The van der Waals surface area contributed by atoms with Gasteiger partial charge < -0.3 is 4.90 Å². The maximum atomic E-state index is 12.9. The summed E-state index contributed by atoms with van der Waals surface area (Å²) in [6.45, 7) is 1.39. The summed E-state index contributed by atoms with van der Waals surface area (Å²) in [6.07, 6.45) is 3.85. The minimum atomic E-state index is -0.451. The number of benzene rings is 2. The Hall–Kier alpha value is -2.81. The zero-order valence-electron chi connectivity index (χ0n) is 16.7. The van der Waals surface area contributed by atoms with E-state index < -0.39 is 4.92 Å². The Morgan fingerprint density at radius 3 is 2.63 bits per heavy atom. The monoisotopic (exact) mass is 446 g/mol. The predicted octanol–water partition coefficient (Wildman–Crippen LogP) is 4.62. The Balaban J connectivity index is 0.00000320. The largest absolute Gasteiger partial charge is 0.309 e. The van der Waals surface area contributed by atoms with Gasteiger partial charge in [-0.1, -0.05) is 35.6 Å². The molecule has 2 aromatic carbocycles. The number of nitro benzene ring substituents is 1. The van der Waals surface area contributed by atoms with Crippen LogP contribution in [0.4, 0.5) is 10.8 Å². The van der Waals surface area contributed by atoms with Crippen LogP contribution < -0.4 is 4.90 Å². The molecule has 7 nitrogen and oxygen atoms in total. The number of carbonyl (C=O) groups is 1. The lowest BCUT2D eigenvalue weighted by Crippen LogP contribution is -2.32. The molecule has 30 heavy (non-hydrogen) atoms. The van der Waals surface area contributed by atoms with Crippen LogP contribution >= 0.6 is 23.7 Å². The molecule has 1 heterocycles. The SMILES string of the molecule is CN(C)CCCN(C(=O)C=Cc1cccc([N+](=O)[O-])c1)c1nc2ccccc2s1.Cl. The average molecular weight is 447 g/mol. The fourth-order valence-corrected chi connectivity index (χ4v) is 3.82. The van der Waals surface area contributed by atoms with Gasteiger partial charge in [-0.2, -0.15) is 0 Å². The molecular weight excluding hydrogens is 424 g/mol. The maximum absolute atomic E-state index is 12.9. The minimum absolute atomic E-state index is 0. The van der Waals surface area contributed by atoms with Crippen molar-refractivity contribution in [2.75, 3.05) is 32.1 Å². The summed E-state index contributed by atoms with van der Waals surface area (Å²) in [5, 5.41) is 11.6. The zero-order valence-corrected chi connectivity index (χ0v) is 18.4. The van der Waals surface area contributed by atoms with Crippen LogP contribution in [0.15, 0.2) is 54.6 Å². The van der Waals surface area contributed by atoms with Gasteiger partial charge in [0.15, 0.2) is 5.13 Å². The standard InChI is InChI=1S/C21H22N4O3S.ClH/c1-23(2)13-6-14-24(21-22-18-9-3-4-10-19(18)29-21)20(26)12-11-16-7-5-8-17(15-16)25(27)28;/h3-5,7-12,15H,6,13-14H2,1-2H3;1H. The van der Waals surface area contributed by atoms with Crippen LogP contribution in [0.1, 0.15) is 12.0 Å². The van der Waals surface area contributed by atoms with Crippen molar-refractivity contribution >= 4 is 56.8 Å². The van der Waals surface area contributed by atoms with E-state index in [-0.39, 0.29) is 24.0 Å². The normalized spacial score (nSPS) is 11.0. The highest BCUT2D eigenvalue weighted by molar-refractivity contribution is 7.22. The van der Waals surface area contributed by atoms with Gasteiger partial charge in [0, 0.05) is 24.8 Å². The van der Waals surface area contributed by atoms with Crippen molar-refractivity contribution < 1.29 is 9.72 Å². The highest BCUT2D eigenvalue weighted by Crippen LogP contribution is 2.29. The molecule has 3 aromatic rings. The summed E-state index contributed by atoms with van der Waals surface area (Å²) in [5.74, 6) is -0.200. The molecule has 0 unspecified atom stereocenters. The van der Waals surface area contributed by atoms with E-state index in [1.165, 1.54) is 29.5 Å². The van der Waals surface area contributed by atoms with E-state index in [9.17, 15) is 14.9 Å². The van der Waals surface area contributed by atoms with Gasteiger partial charge >= 0.3 is 0 Å². The number of anilines is 1. The third-order valence-electron chi connectivity index (χ3n) is 4.27. The molecule has 0 aliphatic carbocycles. The summed E-state index contributed by atoms with van der Waals surface area (Å²) < 4.78 is 1.02. The Kier molecular flexibility index (Phi) is 8.46. The number of aromatic nitrogens is 1. The van der Waals surface area contributed by atoms with Gasteiger partial charge in [0.1, 0.15) is 0 Å². The van der Waals surface area contributed by atoms with E-state index in [1.807, 2.05) is 38.4 Å². The number of nitro groups is 1. The van der Waals surface area contributed by atoms with Gasteiger partial charge in [0.25, 0.3) is 11.6 Å². The van der Waals surface area contributed by atoms with Crippen LogP contribution in [-0.4, -0.2) is 47.9 Å². The Bertz CT molecular complexity index is 1020. The molecule has 0 spiro atoms. The first-order valence-electron chi connectivity index (χ1n) is 9.18. The lowest BCUT2D eigenvalue weighted by atomic mass is 10.2. The number of hydrogen-bond acceptors (Lipinski definition) is 6. The van der Waals surface area contributed by atoms with Crippen molar-refractivity contribution in [1.29, 1.82) is 0 Å². The fourth-order valence-electron chi connectivity index (χ4n) is 2.82. The molecule has 0 N–H and O–H groups in total. The third kappa shape index (κ3) is 6.09. The highest BCUT2D eigenvalue weighted by atomic mass is 35.5. The number of halogens is 1. The molecule has 0 fully saturated rings. The third-order valence-corrected chi connectivity index (χ3v) is 5.33. The summed E-state index contributed by atoms with van der Waals surface area (Å²) in [6, 6.07) is 14.0. The number of nitrogens with zero attached hydrogens (tertiary/aromatic N) is 4. The second-order valence-electron chi connectivity index (χ2n) is 6.80. The second kappa shape index (κ2) is 10.8. The van der Waals surface area contributed by atoms with Crippen molar-refractivity contribution in [2.45, 2.75) is 6.42 Å². The van der Waals surface area contributed by atoms with Gasteiger partial charge in [-0.25, -0.2) is 4.98 Å². The quantitative estimate of drug-likeness (QED) is 0.286. The van der Waals surface area contributed by atoms with Crippen molar-refractivity contribution in [3.05, 3.63) is 70.3 Å². The van der Waals surface area contributed by atoms with E-state index >= 15 is 0 Å². The Labute approximate surface area is 185 Å². The summed E-state index contributed by atoms with van der Waals surface area (Å²) in [4.78, 5) is 31.8. The van der Waals surface area contributed by atoms with Crippen LogP contribution in [0.25, 0.3) is 16.3 Å². The summed E-state index contributed by atoms with van der Waals surface area (Å²) in [7, 11) is 3.98. The average Bonchev–Trinajstić information content (AvgIpc) is 3.13. The molecule has 0 saturated carbocycles. The number of rotatable bonds is 8. The smallest absolute Gasteiger partial charge is 0.270 e. The minimum Gasteiger partial charge on any atom is -0.309 e. The van der Waals surface area contributed by atoms with E-state index in [2.05, 4.69) is 9.88 Å². The van der Waals surface area contributed by atoms with Crippen LogP contribution in [0.3, 0.4) is 0 Å². The number of thiazole rings is 1. The molecule has 0 bridgehead atoms. The molecule has 0 aliphatic heterocycles. The van der Waals surface area contributed by atoms with Crippen molar-refractivity contribution in [3.8, 4) is 0 Å². The van der Waals surface area contributed by atoms with E-state index in [0.29, 0.717) is 17.2 Å². The Morgan fingerprint density at radius 2 is 1.93 bits per heavy atom. The number of carbonyl (C=O) groups excluding carboxylic acids is 1. The van der Waals surface area contributed by atoms with Gasteiger partial charge in [0.2, 0.25) is 0 Å². The number of fused-ring (bicyclic) bond motifs is 1. The molecule has 3 rings (SSSR count). The first-order chi connectivity index (χ1) is 13.9. The molecule has 9 heteroatoms. The number of non-ortho nitro benzene ring substituents is 1. The topological polar surface area (TPSA) is 79.6 Å². The molecule has 158 valence electrons. The number of hydrogen-bond donors (Lipinski definition) is 0. The van der Waals surface area contributed by atoms with Gasteiger partial charge in [-0.3, -0.25) is 19.8 Å². The summed E-state index contributed by atoms with van der Waals surface area (Å²) in [5.41, 5.74) is 1.46. The fraction of sp³-hybridized carbons (Fsp3) is 0.238. The van der Waals surface area contributed by atoms with Crippen LogP contribution in [-0.2, 0) is 4.79 Å². The second-order valence-corrected chi connectivity index (χ2v) is 7.81. The molecule has 0 atom stereocenters. The lowest BCUT2D eigenvalue weighted by molar-refractivity contribution is -0.384. The van der Waals surface area contributed by atoms with Gasteiger partial charge in [-0.05, 0) is 50.8 Å². The maximum Gasteiger partial charge on any atom is 0.270 e. The lowest BCUT2D eigenvalue weighted by Gasteiger charge is -2.19. The molecule has 0 aliphatic rings. The van der Waals surface area contributed by atoms with E-state index in [0.717, 1.165) is 23.2 Å². The van der Waals surface area contributed by atoms with Crippen LogP contribution in [0.2, 0.25) is 0 Å². The first-order valence-corrected chi connectivity index (χ1v) is 10.00. The van der Waals surface area contributed by atoms with E-state index in [1.54, 1.807) is 23.1 Å². The van der Waals surface area contributed by atoms with Gasteiger partial charge in [-0.15, -0.1) is 12.4 Å². The van der Waals surface area contributed by atoms with Gasteiger partial charge in [0.05, 0.1) is 15.1 Å². The highest BCUT2D eigenvalue weighted by Gasteiger charge is 2.17. The molecule has 0 radical (unpaired) electrons. The van der Waals surface area contributed by atoms with Crippen molar-refractivity contribution in [2.24, 2.45) is 0 Å². The molecule has 1 amide bonds. The number of para-hydroxylation sites is 1. The number of amides is 1. The van der Waals surface area contributed by atoms with E-state index in [4.69, 9.17) is 0 Å². The van der Waals surface area contributed by atoms with Crippen LogP contribution in [0.5, 0.6) is 0 Å². The van der Waals surface area contributed by atoms with Crippen molar-refractivity contribution in [3.63, 3.8) is 0 Å². The Morgan fingerprint density at radius 1 is 1.17 bits per heavy atom. The van der Waals surface area contributed by atoms with Crippen molar-refractivity contribution in [1.82, 2.24) is 9.88 Å². The first kappa shape index (κ1) is 23.5. The zero-order chi connectivity index (χ0) is 20.8. The predicted molar refractivity (Wildman–Crippen MR) is 125 cm³/mol. The molecule has 1 aromatic heterocycles.